The second kappa shape index (κ2) is 6.81. The van der Waals surface area contributed by atoms with Crippen LogP contribution in [0.25, 0.3) is 0 Å². The van der Waals surface area contributed by atoms with Crippen LogP contribution in [0.3, 0.4) is 0 Å². The van der Waals surface area contributed by atoms with E-state index in [0.29, 0.717) is 13.0 Å². The molecule has 0 radical (unpaired) electrons. The zero-order chi connectivity index (χ0) is 14.4. The molecule has 0 unspecified atom stereocenters. The SMILES string of the molecule is O=C(NCCNS(=O)(=O)CCc1ccccn1)C1CC1. The van der Waals surface area contributed by atoms with E-state index < -0.39 is 10.0 Å². The lowest BCUT2D eigenvalue weighted by Crippen LogP contribution is -2.36. The van der Waals surface area contributed by atoms with Crippen molar-refractivity contribution >= 4 is 15.9 Å². The normalized spacial score (nSPS) is 15.0. The molecule has 1 heterocycles. The first-order chi connectivity index (χ1) is 9.57. The Hall–Kier alpha value is -1.47. The first-order valence-corrected chi connectivity index (χ1v) is 8.37. The maximum atomic E-state index is 11.7. The molecule has 1 amide bonds. The molecule has 1 saturated carbocycles. The van der Waals surface area contributed by atoms with Gasteiger partial charge in [-0.2, -0.15) is 0 Å². The Morgan fingerprint density at radius 3 is 2.75 bits per heavy atom. The fraction of sp³-hybridized carbons (Fsp3) is 0.538. The maximum Gasteiger partial charge on any atom is 0.223 e. The van der Waals surface area contributed by atoms with Crippen LogP contribution in [0, 0.1) is 5.92 Å². The van der Waals surface area contributed by atoms with Crippen LogP contribution >= 0.6 is 0 Å². The van der Waals surface area contributed by atoms with Gasteiger partial charge in [0.2, 0.25) is 15.9 Å². The molecule has 20 heavy (non-hydrogen) atoms. The molecule has 7 heteroatoms. The maximum absolute atomic E-state index is 11.7. The molecule has 2 N–H and O–H groups in total. The van der Waals surface area contributed by atoms with E-state index in [1.807, 2.05) is 6.07 Å². The second-order valence-corrected chi connectivity index (χ2v) is 6.78. The minimum Gasteiger partial charge on any atom is -0.355 e. The Morgan fingerprint density at radius 2 is 2.10 bits per heavy atom. The Morgan fingerprint density at radius 1 is 1.30 bits per heavy atom. The summed E-state index contributed by atoms with van der Waals surface area (Å²) >= 11 is 0. The summed E-state index contributed by atoms with van der Waals surface area (Å²) in [4.78, 5) is 15.4. The van der Waals surface area contributed by atoms with Gasteiger partial charge >= 0.3 is 0 Å². The molecule has 1 aliphatic rings. The molecule has 0 atom stereocenters. The average molecular weight is 297 g/mol. The van der Waals surface area contributed by atoms with Gasteiger partial charge < -0.3 is 5.32 Å². The van der Waals surface area contributed by atoms with Crippen molar-refractivity contribution in [3.63, 3.8) is 0 Å². The van der Waals surface area contributed by atoms with E-state index >= 15 is 0 Å². The third-order valence-electron chi connectivity index (χ3n) is 3.05. The topological polar surface area (TPSA) is 88.2 Å². The number of hydrogen-bond donors (Lipinski definition) is 2. The minimum atomic E-state index is -3.32. The average Bonchev–Trinajstić information content (AvgIpc) is 3.27. The summed E-state index contributed by atoms with van der Waals surface area (Å²) in [5.41, 5.74) is 0.750. The molecule has 0 spiro atoms. The number of nitrogens with zero attached hydrogens (tertiary/aromatic N) is 1. The highest BCUT2D eigenvalue weighted by Gasteiger charge is 2.29. The molecule has 2 rings (SSSR count). The van der Waals surface area contributed by atoms with Crippen molar-refractivity contribution in [3.8, 4) is 0 Å². The van der Waals surface area contributed by atoms with Gasteiger partial charge in [0.15, 0.2) is 0 Å². The van der Waals surface area contributed by atoms with E-state index in [4.69, 9.17) is 0 Å². The van der Waals surface area contributed by atoms with E-state index in [-0.39, 0.29) is 24.1 Å². The molecule has 1 fully saturated rings. The number of sulfonamides is 1. The van der Waals surface area contributed by atoms with E-state index in [0.717, 1.165) is 18.5 Å². The molecular formula is C13H19N3O3S. The second-order valence-electron chi connectivity index (χ2n) is 4.85. The van der Waals surface area contributed by atoms with E-state index in [1.54, 1.807) is 18.3 Å². The number of nitrogens with one attached hydrogen (secondary N) is 2. The summed E-state index contributed by atoms with van der Waals surface area (Å²) in [6.07, 6.45) is 3.91. The van der Waals surface area contributed by atoms with Crippen LogP contribution in [0.5, 0.6) is 0 Å². The lowest BCUT2D eigenvalue weighted by Gasteiger charge is -2.07. The number of hydrogen-bond acceptors (Lipinski definition) is 4. The van der Waals surface area contributed by atoms with Gasteiger partial charge in [0.05, 0.1) is 5.75 Å². The molecular weight excluding hydrogens is 278 g/mol. The van der Waals surface area contributed by atoms with Gasteiger partial charge in [-0.1, -0.05) is 6.07 Å². The number of carbonyl (C=O) groups is 1. The highest BCUT2D eigenvalue weighted by molar-refractivity contribution is 7.89. The van der Waals surface area contributed by atoms with E-state index in [9.17, 15) is 13.2 Å². The third kappa shape index (κ3) is 5.26. The Bertz CT molecular complexity index is 541. The largest absolute Gasteiger partial charge is 0.355 e. The van der Waals surface area contributed by atoms with E-state index in [2.05, 4.69) is 15.0 Å². The molecule has 0 aliphatic heterocycles. The van der Waals surface area contributed by atoms with E-state index in [1.165, 1.54) is 0 Å². The molecule has 0 saturated heterocycles. The van der Waals surface area contributed by atoms with Crippen LogP contribution in [-0.4, -0.2) is 38.2 Å². The van der Waals surface area contributed by atoms with Gasteiger partial charge in [-0.25, -0.2) is 13.1 Å². The fourth-order valence-electron chi connectivity index (χ4n) is 1.74. The summed E-state index contributed by atoms with van der Waals surface area (Å²) in [7, 11) is -3.32. The predicted octanol–water partition coefficient (Wildman–Crippen LogP) is 0.0697. The zero-order valence-electron chi connectivity index (χ0n) is 11.2. The zero-order valence-corrected chi connectivity index (χ0v) is 12.0. The first-order valence-electron chi connectivity index (χ1n) is 6.72. The lowest BCUT2D eigenvalue weighted by atomic mass is 10.3. The standard InChI is InChI=1S/C13H19N3O3S/c17-13(11-4-5-11)15-8-9-16-20(18,19)10-6-12-3-1-2-7-14-12/h1-3,7,11,16H,4-6,8-10H2,(H,15,17). The number of amides is 1. The van der Waals surface area contributed by atoms with Gasteiger partial charge in [-0.15, -0.1) is 0 Å². The number of carbonyl (C=O) groups excluding carboxylic acids is 1. The highest BCUT2D eigenvalue weighted by Crippen LogP contribution is 2.28. The van der Waals surface area contributed by atoms with Gasteiger partial charge in [-0.05, 0) is 25.0 Å². The van der Waals surface area contributed by atoms with Crippen molar-refractivity contribution in [2.75, 3.05) is 18.8 Å². The monoisotopic (exact) mass is 297 g/mol. The molecule has 1 aliphatic carbocycles. The Labute approximate surface area is 119 Å². The molecule has 1 aromatic heterocycles. The van der Waals surface area contributed by atoms with Gasteiger partial charge in [-0.3, -0.25) is 9.78 Å². The van der Waals surface area contributed by atoms with Crippen LogP contribution in [-0.2, 0) is 21.2 Å². The van der Waals surface area contributed by atoms with Crippen molar-refractivity contribution in [3.05, 3.63) is 30.1 Å². The van der Waals surface area contributed by atoms with Gasteiger partial charge in [0.25, 0.3) is 0 Å². The molecule has 0 aromatic carbocycles. The smallest absolute Gasteiger partial charge is 0.223 e. The summed E-state index contributed by atoms with van der Waals surface area (Å²) in [5, 5.41) is 2.71. The van der Waals surface area contributed by atoms with Crippen molar-refractivity contribution in [2.24, 2.45) is 5.92 Å². The van der Waals surface area contributed by atoms with Crippen LogP contribution in [0.1, 0.15) is 18.5 Å². The number of rotatable bonds is 8. The quantitative estimate of drug-likeness (QED) is 0.665. The summed E-state index contributed by atoms with van der Waals surface area (Å²) < 4.78 is 26.0. The van der Waals surface area contributed by atoms with Crippen molar-refractivity contribution in [2.45, 2.75) is 19.3 Å². The van der Waals surface area contributed by atoms with Crippen LogP contribution < -0.4 is 10.0 Å². The predicted molar refractivity (Wildman–Crippen MR) is 75.5 cm³/mol. The lowest BCUT2D eigenvalue weighted by molar-refractivity contribution is -0.122. The van der Waals surface area contributed by atoms with Crippen LogP contribution in [0.15, 0.2) is 24.4 Å². The fourth-order valence-corrected chi connectivity index (χ4v) is 2.77. The summed E-state index contributed by atoms with van der Waals surface area (Å²) in [6, 6.07) is 5.42. The molecule has 0 bridgehead atoms. The summed E-state index contributed by atoms with van der Waals surface area (Å²) in [5.74, 6) is 0.175. The Balaban J connectivity index is 1.64. The first kappa shape index (κ1) is 14.9. The molecule has 6 nitrogen and oxygen atoms in total. The third-order valence-corrected chi connectivity index (χ3v) is 4.43. The van der Waals surface area contributed by atoms with Crippen LogP contribution in [0.4, 0.5) is 0 Å². The number of aromatic nitrogens is 1. The van der Waals surface area contributed by atoms with Crippen molar-refractivity contribution in [1.82, 2.24) is 15.0 Å². The highest BCUT2D eigenvalue weighted by atomic mass is 32.2. The number of pyridine rings is 1. The minimum absolute atomic E-state index is 0.000580. The Kier molecular flexibility index (Phi) is 5.08. The van der Waals surface area contributed by atoms with Crippen molar-refractivity contribution < 1.29 is 13.2 Å². The van der Waals surface area contributed by atoms with Gasteiger partial charge in [0.1, 0.15) is 0 Å². The summed E-state index contributed by atoms with van der Waals surface area (Å²) in [6.45, 7) is 0.557. The van der Waals surface area contributed by atoms with Crippen LogP contribution in [0.2, 0.25) is 0 Å². The molecule has 110 valence electrons. The van der Waals surface area contributed by atoms with Crippen molar-refractivity contribution in [1.29, 1.82) is 0 Å². The molecule has 1 aromatic rings. The number of aryl methyl sites for hydroxylation is 1. The van der Waals surface area contributed by atoms with Gasteiger partial charge in [0, 0.05) is 37.3 Å².